The fourth-order valence-corrected chi connectivity index (χ4v) is 3.96. The van der Waals surface area contributed by atoms with Crippen molar-refractivity contribution in [1.82, 2.24) is 4.72 Å². The molecule has 0 amide bonds. The highest BCUT2D eigenvalue weighted by atomic mass is 35.5. The fourth-order valence-electron chi connectivity index (χ4n) is 2.19. The van der Waals surface area contributed by atoms with Gasteiger partial charge in [0.05, 0.1) is 31.4 Å². The van der Waals surface area contributed by atoms with Crippen LogP contribution >= 0.6 is 23.2 Å². The molecule has 0 saturated heterocycles. The summed E-state index contributed by atoms with van der Waals surface area (Å²) in [4.78, 5) is -0.0888. The Morgan fingerprint density at radius 1 is 1.00 bits per heavy atom. The lowest BCUT2D eigenvalue weighted by Crippen LogP contribution is -2.23. The van der Waals surface area contributed by atoms with E-state index >= 15 is 0 Å². The number of halogens is 2. The lowest BCUT2D eigenvalue weighted by Gasteiger charge is -2.15. The molecule has 0 spiro atoms. The third-order valence-corrected chi connectivity index (χ3v) is 5.77. The van der Waals surface area contributed by atoms with Crippen LogP contribution in [0, 0.1) is 0 Å². The second-order valence-electron chi connectivity index (χ2n) is 4.91. The number of ether oxygens (including phenoxy) is 3. The number of sulfonamides is 1. The maximum absolute atomic E-state index is 12.5. The summed E-state index contributed by atoms with van der Waals surface area (Å²) in [7, 11) is 0.610. The molecule has 9 heteroatoms. The van der Waals surface area contributed by atoms with E-state index in [0.29, 0.717) is 22.8 Å². The maximum Gasteiger partial charge on any atom is 0.242 e. The Labute approximate surface area is 156 Å². The third-order valence-electron chi connectivity index (χ3n) is 3.40. The van der Waals surface area contributed by atoms with Crippen molar-refractivity contribution in [2.45, 2.75) is 11.4 Å². The molecule has 0 heterocycles. The van der Waals surface area contributed by atoms with E-state index in [0.717, 1.165) is 0 Å². The van der Waals surface area contributed by atoms with Crippen LogP contribution in [0.15, 0.2) is 35.2 Å². The van der Waals surface area contributed by atoms with E-state index in [4.69, 9.17) is 37.4 Å². The molecule has 0 aliphatic rings. The van der Waals surface area contributed by atoms with Gasteiger partial charge in [-0.2, -0.15) is 0 Å². The Morgan fingerprint density at radius 3 is 2.12 bits per heavy atom. The summed E-state index contributed by atoms with van der Waals surface area (Å²) < 4.78 is 43.2. The molecule has 0 saturated carbocycles. The number of methoxy groups -OCH3 is 3. The highest BCUT2D eigenvalue weighted by Gasteiger charge is 2.20. The third kappa shape index (κ3) is 4.30. The minimum absolute atomic E-state index is 0.00187. The van der Waals surface area contributed by atoms with Gasteiger partial charge in [-0.15, -0.1) is 0 Å². The predicted octanol–water partition coefficient (Wildman–Crippen LogP) is 3.50. The van der Waals surface area contributed by atoms with Gasteiger partial charge in [-0.1, -0.05) is 29.3 Å². The van der Waals surface area contributed by atoms with Gasteiger partial charge in [0.25, 0.3) is 0 Å². The molecule has 136 valence electrons. The first kappa shape index (κ1) is 19.7. The molecule has 0 unspecified atom stereocenters. The molecule has 1 N–H and O–H groups in total. The lowest BCUT2D eigenvalue weighted by atomic mass is 10.2. The summed E-state index contributed by atoms with van der Waals surface area (Å²) in [5.41, 5.74) is 0.622. The summed E-state index contributed by atoms with van der Waals surface area (Å²) >= 11 is 11.9. The van der Waals surface area contributed by atoms with E-state index in [2.05, 4.69) is 4.72 Å². The van der Waals surface area contributed by atoms with Crippen molar-refractivity contribution in [3.05, 3.63) is 45.9 Å². The van der Waals surface area contributed by atoms with Crippen LogP contribution in [0.3, 0.4) is 0 Å². The van der Waals surface area contributed by atoms with Gasteiger partial charge in [-0.3, -0.25) is 0 Å². The quantitative estimate of drug-likeness (QED) is 0.762. The average molecular weight is 406 g/mol. The first-order valence-electron chi connectivity index (χ1n) is 7.06. The van der Waals surface area contributed by atoms with Crippen molar-refractivity contribution in [3.63, 3.8) is 0 Å². The number of rotatable bonds is 7. The van der Waals surface area contributed by atoms with Crippen LogP contribution < -0.4 is 18.9 Å². The van der Waals surface area contributed by atoms with E-state index in [1.54, 1.807) is 12.1 Å². The first-order valence-corrected chi connectivity index (χ1v) is 9.30. The molecule has 0 radical (unpaired) electrons. The number of hydrogen-bond acceptors (Lipinski definition) is 5. The van der Waals surface area contributed by atoms with Crippen LogP contribution in [0.25, 0.3) is 0 Å². The largest absolute Gasteiger partial charge is 0.493 e. The minimum Gasteiger partial charge on any atom is -0.493 e. The van der Waals surface area contributed by atoms with Gasteiger partial charge in [0.2, 0.25) is 15.8 Å². The normalized spacial score (nSPS) is 11.2. The van der Waals surface area contributed by atoms with Crippen molar-refractivity contribution >= 4 is 33.2 Å². The molecule has 0 aromatic heterocycles. The Bertz CT molecular complexity index is 846. The van der Waals surface area contributed by atoms with Gasteiger partial charge in [-0.05, 0) is 29.8 Å². The summed E-state index contributed by atoms with van der Waals surface area (Å²) in [6, 6.07) is 7.73. The number of benzene rings is 2. The zero-order chi connectivity index (χ0) is 18.6. The molecule has 0 atom stereocenters. The van der Waals surface area contributed by atoms with Crippen molar-refractivity contribution in [3.8, 4) is 17.2 Å². The van der Waals surface area contributed by atoms with Crippen molar-refractivity contribution in [1.29, 1.82) is 0 Å². The Hall–Kier alpha value is -1.67. The Kier molecular flexibility index (Phi) is 6.40. The average Bonchev–Trinajstić information content (AvgIpc) is 2.61. The lowest BCUT2D eigenvalue weighted by molar-refractivity contribution is 0.323. The molecular formula is C16H17Cl2NO5S. The molecule has 0 fully saturated rings. The van der Waals surface area contributed by atoms with Gasteiger partial charge < -0.3 is 14.2 Å². The van der Waals surface area contributed by atoms with Gasteiger partial charge in [0.15, 0.2) is 11.5 Å². The molecule has 25 heavy (non-hydrogen) atoms. The van der Waals surface area contributed by atoms with Crippen molar-refractivity contribution < 1.29 is 22.6 Å². The monoisotopic (exact) mass is 405 g/mol. The van der Waals surface area contributed by atoms with E-state index in [1.807, 2.05) is 0 Å². The van der Waals surface area contributed by atoms with Crippen LogP contribution in [0.4, 0.5) is 0 Å². The zero-order valence-corrected chi connectivity index (χ0v) is 16.1. The van der Waals surface area contributed by atoms with E-state index in [-0.39, 0.29) is 21.5 Å². The van der Waals surface area contributed by atoms with E-state index < -0.39 is 10.0 Å². The highest BCUT2D eigenvalue weighted by Crippen LogP contribution is 2.38. The first-order chi connectivity index (χ1) is 11.8. The second-order valence-corrected chi connectivity index (χ2v) is 7.43. The van der Waals surface area contributed by atoms with Crippen molar-refractivity contribution in [2.75, 3.05) is 21.3 Å². The molecule has 0 aliphatic heterocycles. The molecule has 0 aliphatic carbocycles. The predicted molar refractivity (Wildman–Crippen MR) is 96.6 cm³/mol. The molecule has 6 nitrogen and oxygen atoms in total. The van der Waals surface area contributed by atoms with Gasteiger partial charge in [0.1, 0.15) is 4.90 Å². The highest BCUT2D eigenvalue weighted by molar-refractivity contribution is 7.89. The SMILES string of the molecule is COc1cc(CNS(=O)(=O)c2cccc(Cl)c2Cl)cc(OC)c1OC. The van der Waals surface area contributed by atoms with Crippen molar-refractivity contribution in [2.24, 2.45) is 0 Å². The Morgan fingerprint density at radius 2 is 1.60 bits per heavy atom. The number of nitrogens with one attached hydrogen (secondary N) is 1. The summed E-state index contributed by atoms with van der Waals surface area (Å²) in [5.74, 6) is 1.28. The molecule has 0 bridgehead atoms. The standard InChI is InChI=1S/C16H17Cl2NO5S/c1-22-12-7-10(8-13(23-2)16(12)24-3)9-19-25(20,21)14-6-4-5-11(17)15(14)18/h4-8,19H,9H2,1-3H3. The second kappa shape index (κ2) is 8.14. The van der Waals surface area contributed by atoms with Crippen LogP contribution in [0.1, 0.15) is 5.56 Å². The van der Waals surface area contributed by atoms with Crippen LogP contribution in [0.2, 0.25) is 10.0 Å². The van der Waals surface area contributed by atoms with E-state index in [1.165, 1.54) is 39.5 Å². The van der Waals surface area contributed by atoms with Gasteiger partial charge >= 0.3 is 0 Å². The van der Waals surface area contributed by atoms with Gasteiger partial charge in [0, 0.05) is 6.54 Å². The summed E-state index contributed by atoms with van der Waals surface area (Å²) in [6.07, 6.45) is 0. The minimum atomic E-state index is -3.85. The van der Waals surface area contributed by atoms with Gasteiger partial charge in [-0.25, -0.2) is 13.1 Å². The van der Waals surface area contributed by atoms with Crippen LogP contribution in [-0.4, -0.2) is 29.7 Å². The summed E-state index contributed by atoms with van der Waals surface area (Å²) in [6.45, 7) is 0.00187. The molecular weight excluding hydrogens is 389 g/mol. The topological polar surface area (TPSA) is 73.9 Å². The van der Waals surface area contributed by atoms with Crippen LogP contribution in [-0.2, 0) is 16.6 Å². The molecule has 2 aromatic rings. The fraction of sp³-hybridized carbons (Fsp3) is 0.250. The maximum atomic E-state index is 12.5. The zero-order valence-electron chi connectivity index (χ0n) is 13.8. The smallest absolute Gasteiger partial charge is 0.242 e. The van der Waals surface area contributed by atoms with E-state index in [9.17, 15) is 8.42 Å². The molecule has 2 rings (SSSR count). The summed E-state index contributed by atoms with van der Waals surface area (Å²) in [5, 5.41) is 0.138. The number of hydrogen-bond donors (Lipinski definition) is 1. The Balaban J connectivity index is 2.30. The van der Waals surface area contributed by atoms with Crippen LogP contribution in [0.5, 0.6) is 17.2 Å². The molecule has 2 aromatic carbocycles.